The number of halogens is 2. The van der Waals surface area contributed by atoms with Gasteiger partial charge in [-0.05, 0) is 68.9 Å². The molecule has 0 atom stereocenters. The van der Waals surface area contributed by atoms with E-state index in [4.69, 9.17) is 9.28 Å². The number of nitrogens with one attached hydrogen (secondary N) is 3. The predicted molar refractivity (Wildman–Crippen MR) is 120 cm³/mol. The first-order valence-electron chi connectivity index (χ1n) is 9.96. The van der Waals surface area contributed by atoms with Crippen LogP contribution < -0.4 is 21.4 Å². The third-order valence-electron chi connectivity index (χ3n) is 4.96. The molecule has 1 aliphatic rings. The van der Waals surface area contributed by atoms with E-state index in [9.17, 15) is 14.2 Å². The van der Waals surface area contributed by atoms with Crippen molar-refractivity contribution in [1.82, 2.24) is 15.6 Å². The van der Waals surface area contributed by atoms with E-state index in [0.29, 0.717) is 65.4 Å². The molecule has 4 N–H and O–H groups in total. The summed E-state index contributed by atoms with van der Waals surface area (Å²) in [5.41, 5.74) is 3.31. The van der Waals surface area contributed by atoms with E-state index in [0.717, 1.165) is 5.56 Å². The van der Waals surface area contributed by atoms with Crippen LogP contribution in [0.4, 0.5) is 15.9 Å². The molecule has 2 heterocycles. The van der Waals surface area contributed by atoms with E-state index >= 15 is 0 Å². The van der Waals surface area contributed by atoms with E-state index < -0.39 is 7.12 Å². The Balaban J connectivity index is 1.26. The third kappa shape index (κ3) is 5.26. The van der Waals surface area contributed by atoms with Gasteiger partial charge in [-0.1, -0.05) is 11.2 Å². The maximum atomic E-state index is 13.3. The Kier molecular flexibility index (Phi) is 7.03. The third-order valence-corrected chi connectivity index (χ3v) is 5.57. The number of benzene rings is 2. The van der Waals surface area contributed by atoms with Crippen LogP contribution in [-0.2, 0) is 17.6 Å². The number of amides is 1. The van der Waals surface area contributed by atoms with Gasteiger partial charge in [0.15, 0.2) is 5.82 Å². The summed E-state index contributed by atoms with van der Waals surface area (Å²) in [6.45, 7) is 1.50. The zero-order chi connectivity index (χ0) is 22.5. The van der Waals surface area contributed by atoms with Gasteiger partial charge < -0.3 is 25.6 Å². The van der Waals surface area contributed by atoms with Gasteiger partial charge in [-0.25, -0.2) is 9.02 Å². The van der Waals surface area contributed by atoms with Crippen molar-refractivity contribution in [3.63, 3.8) is 0 Å². The van der Waals surface area contributed by atoms with Crippen molar-refractivity contribution in [1.29, 1.82) is 0 Å². The lowest BCUT2D eigenvalue weighted by atomic mass is 9.73. The highest BCUT2D eigenvalue weighted by Gasteiger charge is 2.25. The molecule has 3 aromatic rings. The Morgan fingerprint density at radius 3 is 2.91 bits per heavy atom. The van der Waals surface area contributed by atoms with Crippen LogP contribution in [-0.4, -0.2) is 48.1 Å². The molecular weight excluding hydrogens is 484 g/mol. The second kappa shape index (κ2) is 10.1. The van der Waals surface area contributed by atoms with Crippen molar-refractivity contribution in [2.75, 3.05) is 30.3 Å². The topological polar surface area (TPSA) is 122 Å². The summed E-state index contributed by atoms with van der Waals surface area (Å²) in [5.74, 6) is -0.153. The number of nitrogens with zero attached hydrogens (tertiary/aromatic N) is 2. The first-order valence-corrected chi connectivity index (χ1v) is 10.8. The van der Waals surface area contributed by atoms with E-state index in [1.165, 1.54) is 6.07 Å². The zero-order valence-electron chi connectivity index (χ0n) is 16.9. The summed E-state index contributed by atoms with van der Waals surface area (Å²) in [5, 5.41) is 26.6. The number of hydrogen-bond donors (Lipinski definition) is 4. The standard InChI is InChI=1S/C20H20BBrFN5O4/c22-16-10-14(3-4-17(16)23)26-11-18-19(28-32-27-18)24-6-7-25-20(29)13-2-1-12-5-8-31-21(30)15(12)9-13/h1-4,9-10,26,30H,5-8,11H2,(H,24,28)(H,25,29). The number of hydrogen-bond acceptors (Lipinski definition) is 8. The predicted octanol–water partition coefficient (Wildman–Crippen LogP) is 1.69. The molecule has 0 radical (unpaired) electrons. The van der Waals surface area contributed by atoms with Gasteiger partial charge in [-0.3, -0.25) is 4.79 Å². The fourth-order valence-electron chi connectivity index (χ4n) is 3.27. The van der Waals surface area contributed by atoms with Crippen molar-refractivity contribution in [2.24, 2.45) is 0 Å². The SMILES string of the molecule is O=C(NCCNc1nonc1CNc1ccc(F)c(Br)c1)c1ccc2c(c1)B(O)OCC2. The Morgan fingerprint density at radius 1 is 1.19 bits per heavy atom. The lowest BCUT2D eigenvalue weighted by molar-refractivity contribution is 0.0955. The minimum absolute atomic E-state index is 0.255. The quantitative estimate of drug-likeness (QED) is 0.270. The fourth-order valence-corrected chi connectivity index (χ4v) is 3.65. The fraction of sp³-hybridized carbons (Fsp3) is 0.250. The molecule has 0 unspecified atom stereocenters. The lowest BCUT2D eigenvalue weighted by Crippen LogP contribution is -2.42. The van der Waals surface area contributed by atoms with Crippen molar-refractivity contribution in [3.8, 4) is 0 Å². The molecule has 4 rings (SSSR count). The molecule has 9 nitrogen and oxygen atoms in total. The number of anilines is 2. The van der Waals surface area contributed by atoms with Gasteiger partial charge in [0.05, 0.1) is 11.0 Å². The maximum Gasteiger partial charge on any atom is 0.491 e. The molecule has 1 aliphatic heterocycles. The summed E-state index contributed by atoms with van der Waals surface area (Å²) < 4.78 is 23.7. The van der Waals surface area contributed by atoms with E-state index in [2.05, 4.69) is 42.2 Å². The van der Waals surface area contributed by atoms with Gasteiger partial charge in [-0.2, -0.15) is 0 Å². The number of carbonyl (C=O) groups is 1. The normalized spacial score (nSPS) is 12.9. The van der Waals surface area contributed by atoms with Gasteiger partial charge in [0.2, 0.25) is 0 Å². The van der Waals surface area contributed by atoms with Gasteiger partial charge in [0.25, 0.3) is 5.91 Å². The Labute approximate surface area is 192 Å². The summed E-state index contributed by atoms with van der Waals surface area (Å²) in [6.07, 6.45) is 0.708. The monoisotopic (exact) mass is 503 g/mol. The molecule has 0 saturated heterocycles. The number of carbonyl (C=O) groups excluding carboxylic acids is 1. The first-order chi connectivity index (χ1) is 15.5. The van der Waals surface area contributed by atoms with Gasteiger partial charge in [0, 0.05) is 30.9 Å². The lowest BCUT2D eigenvalue weighted by Gasteiger charge is -2.19. The molecule has 0 saturated carbocycles. The van der Waals surface area contributed by atoms with Crippen LogP contribution in [0.5, 0.6) is 0 Å². The smallest absolute Gasteiger partial charge is 0.423 e. The number of fused-ring (bicyclic) bond motifs is 1. The molecule has 0 spiro atoms. The Hall–Kier alpha value is -2.96. The van der Waals surface area contributed by atoms with Crippen molar-refractivity contribution >= 4 is 45.9 Å². The van der Waals surface area contributed by atoms with Crippen LogP contribution >= 0.6 is 15.9 Å². The van der Waals surface area contributed by atoms with Gasteiger partial charge >= 0.3 is 7.12 Å². The first kappa shape index (κ1) is 22.2. The molecule has 1 aromatic heterocycles. The average molecular weight is 504 g/mol. The molecule has 0 fully saturated rings. The molecule has 166 valence electrons. The van der Waals surface area contributed by atoms with Crippen LogP contribution in [0.1, 0.15) is 21.6 Å². The number of aromatic nitrogens is 2. The summed E-state index contributed by atoms with van der Waals surface area (Å²) in [7, 11) is -1.00. The molecule has 0 aliphatic carbocycles. The van der Waals surface area contributed by atoms with Crippen LogP contribution in [0.15, 0.2) is 45.5 Å². The van der Waals surface area contributed by atoms with Crippen molar-refractivity contribution in [3.05, 3.63) is 63.5 Å². The van der Waals surface area contributed by atoms with E-state index in [1.54, 1.807) is 24.3 Å². The second-order valence-electron chi connectivity index (χ2n) is 7.11. The molecular formula is C20H20BBrFN5O4. The Morgan fingerprint density at radius 2 is 2.06 bits per heavy atom. The van der Waals surface area contributed by atoms with Gasteiger partial charge in [-0.15, -0.1) is 0 Å². The van der Waals surface area contributed by atoms with Crippen LogP contribution in [0, 0.1) is 5.82 Å². The summed E-state index contributed by atoms with van der Waals surface area (Å²) in [4.78, 5) is 12.4. The second-order valence-corrected chi connectivity index (χ2v) is 7.97. The number of rotatable bonds is 8. The van der Waals surface area contributed by atoms with E-state index in [1.807, 2.05) is 6.07 Å². The summed E-state index contributed by atoms with van der Waals surface area (Å²) >= 11 is 3.14. The Bertz CT molecular complexity index is 1120. The zero-order valence-corrected chi connectivity index (χ0v) is 18.5. The molecule has 1 amide bonds. The molecule has 0 bridgehead atoms. The summed E-state index contributed by atoms with van der Waals surface area (Å²) in [6, 6.07) is 9.82. The van der Waals surface area contributed by atoms with Crippen molar-refractivity contribution in [2.45, 2.75) is 13.0 Å². The van der Waals surface area contributed by atoms with E-state index in [-0.39, 0.29) is 11.7 Å². The average Bonchev–Trinajstić information content (AvgIpc) is 3.25. The maximum absolute atomic E-state index is 13.3. The van der Waals surface area contributed by atoms with Crippen LogP contribution in [0.2, 0.25) is 0 Å². The largest absolute Gasteiger partial charge is 0.491 e. The van der Waals surface area contributed by atoms with Crippen LogP contribution in [0.3, 0.4) is 0 Å². The van der Waals surface area contributed by atoms with Gasteiger partial charge in [0.1, 0.15) is 11.5 Å². The highest BCUT2D eigenvalue weighted by atomic mass is 79.9. The van der Waals surface area contributed by atoms with Crippen molar-refractivity contribution < 1.29 is 23.5 Å². The minimum atomic E-state index is -1.00. The molecule has 2 aromatic carbocycles. The minimum Gasteiger partial charge on any atom is -0.423 e. The highest BCUT2D eigenvalue weighted by Crippen LogP contribution is 2.21. The van der Waals surface area contributed by atoms with Crippen LogP contribution in [0.25, 0.3) is 0 Å². The highest BCUT2D eigenvalue weighted by molar-refractivity contribution is 9.10. The molecule has 12 heteroatoms. The molecule has 32 heavy (non-hydrogen) atoms.